The molecule has 1 N–H and O–H groups in total. The van der Waals surface area contributed by atoms with Crippen LogP contribution in [0.4, 0.5) is 11.4 Å². The van der Waals surface area contributed by atoms with E-state index in [4.69, 9.17) is 4.74 Å². The molecule has 0 bridgehead atoms. The Morgan fingerprint density at radius 1 is 1.06 bits per heavy atom. The monoisotopic (exact) mass is 505 g/mol. The van der Waals surface area contributed by atoms with Crippen LogP contribution in [0.15, 0.2) is 76.6 Å². The molecule has 188 valence electrons. The predicted octanol–water partition coefficient (Wildman–Crippen LogP) is 4.82. The lowest BCUT2D eigenvalue weighted by Gasteiger charge is -2.49. The zero-order valence-electron chi connectivity index (χ0n) is 20.6. The van der Waals surface area contributed by atoms with Crippen molar-refractivity contribution in [3.63, 3.8) is 0 Å². The summed E-state index contributed by atoms with van der Waals surface area (Å²) in [6, 6.07) is 14.1. The molecule has 0 amide bonds. The number of anilines is 2. The SMILES string of the molecule is CCOC(=O)C1=CC2C3=C4C(CCN3CC[C@@H]2CC)c2ccc(NS(=O)(=O)c3ccccc3)cc2N14. The highest BCUT2D eigenvalue weighted by Crippen LogP contribution is 2.57. The maximum absolute atomic E-state index is 13.2. The third-order valence-electron chi connectivity index (χ3n) is 7.99. The quantitative estimate of drug-likeness (QED) is 0.568. The maximum Gasteiger partial charge on any atom is 0.354 e. The van der Waals surface area contributed by atoms with Gasteiger partial charge >= 0.3 is 5.97 Å². The molecule has 6 rings (SSSR count). The van der Waals surface area contributed by atoms with Crippen LogP contribution in [-0.4, -0.2) is 39.0 Å². The summed E-state index contributed by atoms with van der Waals surface area (Å²) in [7, 11) is -3.73. The number of rotatable bonds is 6. The number of benzene rings is 2. The predicted molar refractivity (Wildman–Crippen MR) is 139 cm³/mol. The summed E-state index contributed by atoms with van der Waals surface area (Å²) in [6.45, 7) is 6.38. The first-order valence-electron chi connectivity index (χ1n) is 12.8. The summed E-state index contributed by atoms with van der Waals surface area (Å²) < 4.78 is 34.2. The number of hydrogen-bond donors (Lipinski definition) is 1. The van der Waals surface area contributed by atoms with E-state index in [0.29, 0.717) is 23.9 Å². The number of nitrogens with one attached hydrogen (secondary N) is 1. The molecule has 8 heteroatoms. The highest BCUT2D eigenvalue weighted by atomic mass is 32.2. The number of hydrogen-bond acceptors (Lipinski definition) is 6. The van der Waals surface area contributed by atoms with Crippen molar-refractivity contribution in [2.24, 2.45) is 11.8 Å². The fourth-order valence-corrected chi connectivity index (χ4v) is 7.45. The van der Waals surface area contributed by atoms with Crippen molar-refractivity contribution in [2.75, 3.05) is 29.3 Å². The van der Waals surface area contributed by atoms with Gasteiger partial charge in [-0.3, -0.25) is 4.72 Å². The number of fused-ring (bicyclic) bond motifs is 3. The summed E-state index contributed by atoms with van der Waals surface area (Å²) in [6.07, 6.45) is 5.25. The summed E-state index contributed by atoms with van der Waals surface area (Å²) in [5, 5.41) is 0. The molecule has 0 spiro atoms. The molecule has 4 heterocycles. The number of nitrogens with zero attached hydrogens (tertiary/aromatic N) is 2. The topological polar surface area (TPSA) is 79.0 Å². The van der Waals surface area contributed by atoms with Gasteiger partial charge in [0, 0.05) is 30.6 Å². The van der Waals surface area contributed by atoms with Gasteiger partial charge in [0.15, 0.2) is 0 Å². The van der Waals surface area contributed by atoms with Gasteiger partial charge in [-0.05, 0) is 61.6 Å². The van der Waals surface area contributed by atoms with Gasteiger partial charge in [-0.25, -0.2) is 13.2 Å². The fourth-order valence-electron chi connectivity index (χ4n) is 6.37. The first kappa shape index (κ1) is 23.2. The van der Waals surface area contributed by atoms with Crippen molar-refractivity contribution < 1.29 is 17.9 Å². The van der Waals surface area contributed by atoms with E-state index >= 15 is 0 Å². The molecule has 2 aromatic carbocycles. The van der Waals surface area contributed by atoms with Gasteiger partial charge in [0.05, 0.1) is 28.6 Å². The standard InChI is InChI=1S/C28H31N3O4S/c1-3-18-12-14-30-15-13-22-21-11-10-19(29-36(33,34)20-8-6-5-7-9-20)16-24(21)31-25(28(32)35-4-2)17-23(18)26(30)27(22)31/h5-11,16-18,22-23,29H,3-4,12-15H2,1-2H3/t18-,22?,23?/m0/s1. The molecule has 0 saturated carbocycles. The van der Waals surface area contributed by atoms with Crippen LogP contribution in [-0.2, 0) is 19.6 Å². The first-order chi connectivity index (χ1) is 17.4. The van der Waals surface area contributed by atoms with Gasteiger partial charge in [-0.15, -0.1) is 0 Å². The highest BCUT2D eigenvalue weighted by Gasteiger charge is 2.49. The molecule has 2 aromatic rings. The van der Waals surface area contributed by atoms with Gasteiger partial charge < -0.3 is 14.5 Å². The van der Waals surface area contributed by atoms with Crippen LogP contribution in [0.5, 0.6) is 0 Å². The lowest BCUT2D eigenvalue weighted by atomic mass is 9.75. The number of carbonyl (C=O) groups is 1. The Kier molecular flexibility index (Phi) is 5.59. The van der Waals surface area contributed by atoms with Crippen molar-refractivity contribution in [2.45, 2.75) is 43.9 Å². The normalized spacial score (nSPS) is 24.2. The van der Waals surface area contributed by atoms with Crippen LogP contribution < -0.4 is 9.62 Å². The van der Waals surface area contributed by atoms with Crippen LogP contribution >= 0.6 is 0 Å². The molecule has 1 saturated heterocycles. The number of sulfonamides is 1. The van der Waals surface area contributed by atoms with Crippen LogP contribution in [0.3, 0.4) is 0 Å². The average Bonchev–Trinajstić information content (AvgIpc) is 3.22. The molecule has 2 unspecified atom stereocenters. The summed E-state index contributed by atoms with van der Waals surface area (Å²) in [5.74, 6) is 0.541. The zero-order valence-corrected chi connectivity index (χ0v) is 21.4. The molecule has 0 aromatic heterocycles. The minimum absolute atomic E-state index is 0.183. The molecule has 0 aliphatic carbocycles. The van der Waals surface area contributed by atoms with Crippen LogP contribution in [0, 0.1) is 11.8 Å². The lowest BCUT2D eigenvalue weighted by molar-refractivity contribution is -0.138. The molecule has 0 radical (unpaired) electrons. The molecule has 1 fully saturated rings. The van der Waals surface area contributed by atoms with E-state index in [1.54, 1.807) is 30.3 Å². The average molecular weight is 506 g/mol. The smallest absolute Gasteiger partial charge is 0.354 e. The second-order valence-corrected chi connectivity index (χ2v) is 11.6. The second-order valence-electron chi connectivity index (χ2n) is 9.88. The minimum Gasteiger partial charge on any atom is -0.461 e. The van der Waals surface area contributed by atoms with E-state index in [-0.39, 0.29) is 22.7 Å². The second kappa shape index (κ2) is 8.69. The molecular formula is C28H31N3O4S. The number of esters is 1. The largest absolute Gasteiger partial charge is 0.461 e. The first-order valence-corrected chi connectivity index (χ1v) is 14.3. The number of allylic oxidation sites excluding steroid dienone is 2. The lowest BCUT2D eigenvalue weighted by Crippen LogP contribution is -2.47. The highest BCUT2D eigenvalue weighted by molar-refractivity contribution is 7.92. The van der Waals surface area contributed by atoms with Crippen molar-refractivity contribution >= 4 is 27.4 Å². The van der Waals surface area contributed by atoms with E-state index in [2.05, 4.69) is 22.6 Å². The van der Waals surface area contributed by atoms with E-state index in [1.165, 1.54) is 11.4 Å². The van der Waals surface area contributed by atoms with Gasteiger partial charge in [0.2, 0.25) is 0 Å². The summed E-state index contributed by atoms with van der Waals surface area (Å²) in [4.78, 5) is 18.0. The van der Waals surface area contributed by atoms with Gasteiger partial charge in [0.25, 0.3) is 10.0 Å². The van der Waals surface area contributed by atoms with Gasteiger partial charge in [-0.1, -0.05) is 37.6 Å². The van der Waals surface area contributed by atoms with Crippen LogP contribution in [0.1, 0.15) is 44.6 Å². The maximum atomic E-state index is 13.2. The fraction of sp³-hybridized carbons (Fsp3) is 0.393. The van der Waals surface area contributed by atoms with Crippen molar-refractivity contribution in [3.05, 3.63) is 77.3 Å². The van der Waals surface area contributed by atoms with E-state index in [0.717, 1.165) is 43.6 Å². The summed E-state index contributed by atoms with van der Waals surface area (Å²) in [5.41, 5.74) is 5.52. The van der Waals surface area contributed by atoms with E-state index < -0.39 is 10.0 Å². The Bertz CT molecular complexity index is 1380. The van der Waals surface area contributed by atoms with Crippen LogP contribution in [0.25, 0.3) is 0 Å². The van der Waals surface area contributed by atoms with Crippen LogP contribution in [0.2, 0.25) is 0 Å². The van der Waals surface area contributed by atoms with Gasteiger partial charge in [0.1, 0.15) is 5.70 Å². The molecule has 3 atom stereocenters. The van der Waals surface area contributed by atoms with Crippen molar-refractivity contribution in [1.82, 2.24) is 4.90 Å². The molecule has 4 aliphatic rings. The molecule has 36 heavy (non-hydrogen) atoms. The van der Waals surface area contributed by atoms with Crippen molar-refractivity contribution in [3.8, 4) is 0 Å². The third kappa shape index (κ3) is 3.53. The minimum atomic E-state index is -3.73. The van der Waals surface area contributed by atoms with E-state index in [9.17, 15) is 13.2 Å². The Balaban J connectivity index is 1.46. The zero-order chi connectivity index (χ0) is 25.0. The van der Waals surface area contributed by atoms with Crippen molar-refractivity contribution in [1.29, 1.82) is 0 Å². The number of carbonyl (C=O) groups excluding carboxylic acids is 1. The molecule has 7 nitrogen and oxygen atoms in total. The Hall–Kier alpha value is -3.26. The molecular weight excluding hydrogens is 474 g/mol. The molecule has 4 aliphatic heterocycles. The summed E-state index contributed by atoms with van der Waals surface area (Å²) >= 11 is 0. The van der Waals surface area contributed by atoms with Gasteiger partial charge in [-0.2, -0.15) is 0 Å². The van der Waals surface area contributed by atoms with E-state index in [1.807, 2.05) is 30.0 Å². The Labute approximate surface area is 212 Å². The number of ether oxygens (including phenoxy) is 1. The number of piperidine rings is 1. The Morgan fingerprint density at radius 2 is 1.83 bits per heavy atom. The Morgan fingerprint density at radius 3 is 2.58 bits per heavy atom. The third-order valence-corrected chi connectivity index (χ3v) is 9.39.